The number of morpholine rings is 1. The molecular weight excluding hydrogens is 248 g/mol. The van der Waals surface area contributed by atoms with Gasteiger partial charge in [0.05, 0.1) is 12.2 Å². The molecule has 0 bridgehead atoms. The molecule has 20 heavy (non-hydrogen) atoms. The Morgan fingerprint density at radius 2 is 1.80 bits per heavy atom. The van der Waals surface area contributed by atoms with Gasteiger partial charge in [-0.25, -0.2) is 0 Å². The van der Waals surface area contributed by atoms with Crippen LogP contribution in [-0.4, -0.2) is 48.8 Å². The lowest BCUT2D eigenvalue weighted by molar-refractivity contribution is -0.0915. The van der Waals surface area contributed by atoms with Gasteiger partial charge in [0.1, 0.15) is 0 Å². The first-order valence-corrected chi connectivity index (χ1v) is 8.64. The number of rotatable bonds is 4. The van der Waals surface area contributed by atoms with E-state index in [1.54, 1.807) is 0 Å². The SMILES string of the molecule is CCNC1CCC(C(C)C)CC1N1C[C@@H](C)O[C@@H](C)C1. The van der Waals surface area contributed by atoms with Crippen molar-refractivity contribution in [1.82, 2.24) is 10.2 Å². The van der Waals surface area contributed by atoms with E-state index >= 15 is 0 Å². The minimum absolute atomic E-state index is 0.375. The lowest BCUT2D eigenvalue weighted by Gasteiger charge is -2.47. The van der Waals surface area contributed by atoms with Crippen molar-refractivity contribution in [2.24, 2.45) is 11.8 Å². The van der Waals surface area contributed by atoms with Crippen molar-refractivity contribution < 1.29 is 4.74 Å². The van der Waals surface area contributed by atoms with Crippen molar-refractivity contribution in [3.05, 3.63) is 0 Å². The zero-order chi connectivity index (χ0) is 14.7. The summed E-state index contributed by atoms with van der Waals surface area (Å²) in [5.74, 6) is 1.71. The topological polar surface area (TPSA) is 24.5 Å². The third-order valence-corrected chi connectivity index (χ3v) is 5.18. The van der Waals surface area contributed by atoms with E-state index in [1.807, 2.05) is 0 Å². The maximum atomic E-state index is 5.91. The summed E-state index contributed by atoms with van der Waals surface area (Å²) in [5, 5.41) is 3.74. The van der Waals surface area contributed by atoms with E-state index in [2.05, 4.69) is 44.8 Å². The summed E-state index contributed by atoms with van der Waals surface area (Å²) in [6.45, 7) is 14.7. The summed E-state index contributed by atoms with van der Waals surface area (Å²) >= 11 is 0. The number of hydrogen-bond donors (Lipinski definition) is 1. The highest BCUT2D eigenvalue weighted by Gasteiger charge is 2.37. The van der Waals surface area contributed by atoms with Gasteiger partial charge in [0, 0.05) is 25.2 Å². The van der Waals surface area contributed by atoms with Crippen LogP contribution < -0.4 is 5.32 Å². The summed E-state index contributed by atoms with van der Waals surface area (Å²) < 4.78 is 5.91. The predicted molar refractivity (Wildman–Crippen MR) is 85.0 cm³/mol. The average Bonchev–Trinajstić information content (AvgIpc) is 2.38. The molecule has 0 aromatic carbocycles. The van der Waals surface area contributed by atoms with Crippen LogP contribution in [0.1, 0.15) is 53.9 Å². The monoisotopic (exact) mass is 282 g/mol. The highest BCUT2D eigenvalue weighted by atomic mass is 16.5. The summed E-state index contributed by atoms with van der Waals surface area (Å²) in [6.07, 6.45) is 4.83. The molecule has 3 nitrogen and oxygen atoms in total. The number of hydrogen-bond acceptors (Lipinski definition) is 3. The predicted octanol–water partition coefficient (Wildman–Crippen LogP) is 2.90. The van der Waals surface area contributed by atoms with Crippen LogP contribution in [-0.2, 0) is 4.74 Å². The molecule has 118 valence electrons. The molecule has 0 radical (unpaired) electrons. The maximum absolute atomic E-state index is 5.91. The van der Waals surface area contributed by atoms with Crippen LogP contribution in [0, 0.1) is 11.8 Å². The summed E-state index contributed by atoms with van der Waals surface area (Å²) in [7, 11) is 0. The van der Waals surface area contributed by atoms with E-state index in [9.17, 15) is 0 Å². The molecule has 0 aromatic heterocycles. The van der Waals surface area contributed by atoms with Crippen molar-refractivity contribution in [2.75, 3.05) is 19.6 Å². The molecule has 1 aliphatic carbocycles. The second-order valence-corrected chi connectivity index (χ2v) is 7.26. The smallest absolute Gasteiger partial charge is 0.0678 e. The number of nitrogens with one attached hydrogen (secondary N) is 1. The largest absolute Gasteiger partial charge is 0.373 e. The molecule has 0 aromatic rings. The standard InChI is InChI=1S/C17H34N2O/c1-6-18-16-8-7-15(12(2)3)9-17(16)19-10-13(4)20-14(5)11-19/h12-18H,6-11H2,1-5H3/t13-,14+,15?,16?,17?. The van der Waals surface area contributed by atoms with Gasteiger partial charge in [-0.1, -0.05) is 20.8 Å². The van der Waals surface area contributed by atoms with E-state index < -0.39 is 0 Å². The third kappa shape index (κ3) is 3.96. The Labute approximate surface area is 125 Å². The van der Waals surface area contributed by atoms with Crippen molar-refractivity contribution >= 4 is 0 Å². The molecule has 5 atom stereocenters. The zero-order valence-electron chi connectivity index (χ0n) is 14.1. The van der Waals surface area contributed by atoms with E-state index in [0.717, 1.165) is 31.5 Å². The number of ether oxygens (including phenoxy) is 1. The van der Waals surface area contributed by atoms with E-state index in [4.69, 9.17) is 4.74 Å². The maximum Gasteiger partial charge on any atom is 0.0678 e. The van der Waals surface area contributed by atoms with Gasteiger partial charge in [-0.15, -0.1) is 0 Å². The minimum Gasteiger partial charge on any atom is -0.373 e. The quantitative estimate of drug-likeness (QED) is 0.858. The van der Waals surface area contributed by atoms with Gasteiger partial charge in [0.25, 0.3) is 0 Å². The first-order valence-electron chi connectivity index (χ1n) is 8.64. The van der Waals surface area contributed by atoms with Gasteiger partial charge in [0.2, 0.25) is 0 Å². The van der Waals surface area contributed by atoms with E-state index in [0.29, 0.717) is 24.3 Å². The summed E-state index contributed by atoms with van der Waals surface area (Å²) in [5.41, 5.74) is 0. The Morgan fingerprint density at radius 1 is 1.15 bits per heavy atom. The van der Waals surface area contributed by atoms with Crippen LogP contribution in [0.5, 0.6) is 0 Å². The molecule has 2 rings (SSSR count). The molecule has 1 aliphatic heterocycles. The van der Waals surface area contributed by atoms with Gasteiger partial charge in [-0.05, 0) is 51.5 Å². The number of nitrogens with zero attached hydrogens (tertiary/aromatic N) is 1. The fraction of sp³-hybridized carbons (Fsp3) is 1.00. The molecule has 1 saturated heterocycles. The molecule has 1 saturated carbocycles. The normalized spacial score (nSPS) is 40.2. The van der Waals surface area contributed by atoms with Crippen molar-refractivity contribution in [3.63, 3.8) is 0 Å². The van der Waals surface area contributed by atoms with Crippen LogP contribution in [0.15, 0.2) is 0 Å². The van der Waals surface area contributed by atoms with Crippen LogP contribution in [0.2, 0.25) is 0 Å². The minimum atomic E-state index is 0.375. The van der Waals surface area contributed by atoms with Gasteiger partial charge in [-0.2, -0.15) is 0 Å². The molecule has 2 aliphatic rings. The van der Waals surface area contributed by atoms with Gasteiger partial charge in [-0.3, -0.25) is 4.90 Å². The van der Waals surface area contributed by atoms with Crippen LogP contribution in [0.3, 0.4) is 0 Å². The van der Waals surface area contributed by atoms with Crippen molar-refractivity contribution in [3.8, 4) is 0 Å². The average molecular weight is 282 g/mol. The molecule has 0 spiro atoms. The summed E-state index contributed by atoms with van der Waals surface area (Å²) in [6, 6.07) is 1.37. The molecule has 1 N–H and O–H groups in total. The molecule has 3 unspecified atom stereocenters. The molecular formula is C17H34N2O. The second kappa shape index (κ2) is 7.24. The van der Waals surface area contributed by atoms with E-state index in [1.165, 1.54) is 19.3 Å². The Kier molecular flexibility index (Phi) is 5.88. The molecule has 1 heterocycles. The molecule has 0 amide bonds. The van der Waals surface area contributed by atoms with Gasteiger partial charge in [0.15, 0.2) is 0 Å². The summed E-state index contributed by atoms with van der Waals surface area (Å²) in [4.78, 5) is 2.71. The molecule has 2 fully saturated rings. The first kappa shape index (κ1) is 16.3. The lowest BCUT2D eigenvalue weighted by atomic mass is 9.76. The Bertz CT molecular complexity index is 285. The first-order chi connectivity index (χ1) is 9.51. The Balaban J connectivity index is 2.05. The van der Waals surface area contributed by atoms with E-state index in [-0.39, 0.29) is 0 Å². The fourth-order valence-electron chi connectivity index (χ4n) is 4.18. The second-order valence-electron chi connectivity index (χ2n) is 7.26. The van der Waals surface area contributed by atoms with Crippen LogP contribution in [0.4, 0.5) is 0 Å². The van der Waals surface area contributed by atoms with Crippen molar-refractivity contribution in [1.29, 1.82) is 0 Å². The zero-order valence-corrected chi connectivity index (χ0v) is 14.1. The Hall–Kier alpha value is -0.120. The lowest BCUT2D eigenvalue weighted by Crippen LogP contribution is -2.59. The highest BCUT2D eigenvalue weighted by Crippen LogP contribution is 2.34. The van der Waals surface area contributed by atoms with Crippen LogP contribution in [0.25, 0.3) is 0 Å². The van der Waals surface area contributed by atoms with Crippen molar-refractivity contribution in [2.45, 2.75) is 78.2 Å². The number of likely N-dealkylation sites (N-methyl/N-ethyl adjacent to an activating group) is 1. The van der Waals surface area contributed by atoms with Crippen LogP contribution >= 0.6 is 0 Å². The van der Waals surface area contributed by atoms with Gasteiger partial charge < -0.3 is 10.1 Å². The third-order valence-electron chi connectivity index (χ3n) is 5.18. The highest BCUT2D eigenvalue weighted by molar-refractivity contribution is 4.93. The Morgan fingerprint density at radius 3 is 2.35 bits per heavy atom. The fourth-order valence-corrected chi connectivity index (χ4v) is 4.18. The van der Waals surface area contributed by atoms with Gasteiger partial charge >= 0.3 is 0 Å². The molecule has 3 heteroatoms.